The molecule has 1 saturated heterocycles. The lowest BCUT2D eigenvalue weighted by Crippen LogP contribution is -2.35. The van der Waals surface area contributed by atoms with E-state index in [1.807, 2.05) is 0 Å². The van der Waals surface area contributed by atoms with E-state index in [4.69, 9.17) is 5.14 Å². The molecule has 0 bridgehead atoms. The minimum absolute atomic E-state index is 0.0799. The van der Waals surface area contributed by atoms with Gasteiger partial charge in [-0.3, -0.25) is 4.98 Å². The molecule has 1 aliphatic rings. The van der Waals surface area contributed by atoms with Gasteiger partial charge >= 0.3 is 0 Å². The predicted molar refractivity (Wildman–Crippen MR) is 122 cm³/mol. The Labute approximate surface area is 187 Å². The third kappa shape index (κ3) is 5.07. The predicted octanol–water partition coefficient (Wildman–Crippen LogP) is 2.11. The second kappa shape index (κ2) is 9.10. The largest absolute Gasteiger partial charge is 0.368 e. The molecule has 0 spiro atoms. The standard InChI is InChI=1S/C21H25N5O4S2/c22-31(27,28)17-6-4-16(5-7-17)10-11-23-21-15-24-20-14-18(8-9-19(20)25-21)32(29,30)26-12-2-1-3-13-26/h4-9,14-15H,1-3,10-13H2,(H,23,25)(H2,22,27,28). The Morgan fingerprint density at radius 3 is 2.28 bits per heavy atom. The van der Waals surface area contributed by atoms with Gasteiger partial charge in [0.25, 0.3) is 0 Å². The van der Waals surface area contributed by atoms with E-state index >= 15 is 0 Å². The number of nitrogens with one attached hydrogen (secondary N) is 1. The summed E-state index contributed by atoms with van der Waals surface area (Å²) in [6.07, 6.45) is 5.06. The van der Waals surface area contributed by atoms with Gasteiger partial charge in [0.05, 0.1) is 27.0 Å². The van der Waals surface area contributed by atoms with Crippen LogP contribution in [0.1, 0.15) is 24.8 Å². The second-order valence-corrected chi connectivity index (χ2v) is 11.2. The lowest BCUT2D eigenvalue weighted by molar-refractivity contribution is 0.346. The van der Waals surface area contributed by atoms with E-state index in [-0.39, 0.29) is 9.79 Å². The summed E-state index contributed by atoms with van der Waals surface area (Å²) >= 11 is 0. The van der Waals surface area contributed by atoms with Crippen molar-refractivity contribution in [3.05, 3.63) is 54.2 Å². The molecule has 4 rings (SSSR count). The molecule has 0 saturated carbocycles. The van der Waals surface area contributed by atoms with E-state index in [1.165, 1.54) is 16.4 Å². The molecule has 32 heavy (non-hydrogen) atoms. The SMILES string of the molecule is NS(=O)(=O)c1ccc(CCNc2cnc3cc(S(=O)(=O)N4CCCCC4)ccc3n2)cc1. The minimum Gasteiger partial charge on any atom is -0.368 e. The summed E-state index contributed by atoms with van der Waals surface area (Å²) in [5.41, 5.74) is 2.07. The Bertz CT molecular complexity index is 1320. The third-order valence-corrected chi connectivity index (χ3v) is 8.26. The molecule has 170 valence electrons. The average molecular weight is 476 g/mol. The number of primary sulfonamides is 1. The van der Waals surface area contributed by atoms with Crippen LogP contribution in [0.4, 0.5) is 5.82 Å². The second-order valence-electron chi connectivity index (χ2n) is 7.74. The zero-order valence-electron chi connectivity index (χ0n) is 17.4. The lowest BCUT2D eigenvalue weighted by Gasteiger charge is -2.25. The van der Waals surface area contributed by atoms with Gasteiger partial charge in [-0.1, -0.05) is 18.6 Å². The highest BCUT2D eigenvalue weighted by Gasteiger charge is 2.26. The van der Waals surface area contributed by atoms with Crippen LogP contribution in [0.15, 0.2) is 58.5 Å². The van der Waals surface area contributed by atoms with Gasteiger partial charge in [0.2, 0.25) is 20.0 Å². The molecule has 0 amide bonds. The van der Waals surface area contributed by atoms with Gasteiger partial charge in [-0.05, 0) is 55.2 Å². The molecule has 0 unspecified atom stereocenters. The Hall–Kier alpha value is -2.60. The molecule has 11 heteroatoms. The summed E-state index contributed by atoms with van der Waals surface area (Å²) < 4.78 is 49.9. The van der Waals surface area contributed by atoms with Crippen molar-refractivity contribution < 1.29 is 16.8 Å². The van der Waals surface area contributed by atoms with Crippen molar-refractivity contribution in [2.45, 2.75) is 35.5 Å². The highest BCUT2D eigenvalue weighted by Crippen LogP contribution is 2.23. The molecule has 2 heterocycles. The zero-order chi connectivity index (χ0) is 22.8. The van der Waals surface area contributed by atoms with Crippen molar-refractivity contribution in [2.24, 2.45) is 5.14 Å². The molecular weight excluding hydrogens is 450 g/mol. The quantitative estimate of drug-likeness (QED) is 0.534. The smallest absolute Gasteiger partial charge is 0.243 e. The van der Waals surface area contributed by atoms with Crippen molar-refractivity contribution >= 4 is 36.9 Å². The van der Waals surface area contributed by atoms with Crippen molar-refractivity contribution in [3.63, 3.8) is 0 Å². The van der Waals surface area contributed by atoms with E-state index < -0.39 is 20.0 Å². The van der Waals surface area contributed by atoms with Crippen molar-refractivity contribution in [3.8, 4) is 0 Å². The van der Waals surface area contributed by atoms with Gasteiger partial charge in [-0.25, -0.2) is 27.0 Å². The molecule has 3 aromatic rings. The summed E-state index contributed by atoms with van der Waals surface area (Å²) in [5, 5.41) is 8.29. The van der Waals surface area contributed by atoms with E-state index in [0.717, 1.165) is 24.8 Å². The molecule has 3 N–H and O–H groups in total. The summed E-state index contributed by atoms with van der Waals surface area (Å²) in [4.78, 5) is 9.21. The number of piperidine rings is 1. The summed E-state index contributed by atoms with van der Waals surface area (Å²) in [6.45, 7) is 1.68. The number of nitrogens with two attached hydrogens (primary N) is 1. The molecule has 9 nitrogen and oxygen atoms in total. The number of aromatic nitrogens is 2. The molecule has 0 aliphatic carbocycles. The van der Waals surface area contributed by atoms with Crippen LogP contribution in [0.3, 0.4) is 0 Å². The highest BCUT2D eigenvalue weighted by atomic mass is 32.2. The maximum Gasteiger partial charge on any atom is 0.243 e. The molecule has 2 aromatic carbocycles. The normalized spacial score (nSPS) is 15.7. The first-order chi connectivity index (χ1) is 15.2. The van der Waals surface area contributed by atoms with Gasteiger partial charge in [0.15, 0.2) is 0 Å². The van der Waals surface area contributed by atoms with Crippen LogP contribution in [-0.2, 0) is 26.5 Å². The first kappa shape index (κ1) is 22.6. The van der Waals surface area contributed by atoms with Crippen LogP contribution in [0.2, 0.25) is 0 Å². The fraction of sp³-hybridized carbons (Fsp3) is 0.333. The molecule has 1 aliphatic heterocycles. The average Bonchev–Trinajstić information content (AvgIpc) is 2.79. The lowest BCUT2D eigenvalue weighted by atomic mass is 10.1. The van der Waals surface area contributed by atoms with Crippen LogP contribution < -0.4 is 10.5 Å². The third-order valence-electron chi connectivity index (χ3n) is 5.44. The van der Waals surface area contributed by atoms with Crippen LogP contribution in [0.5, 0.6) is 0 Å². The van der Waals surface area contributed by atoms with E-state index in [0.29, 0.717) is 42.9 Å². The number of rotatable bonds is 7. The van der Waals surface area contributed by atoms with Gasteiger partial charge in [0.1, 0.15) is 5.82 Å². The number of fused-ring (bicyclic) bond motifs is 1. The molecular formula is C21H25N5O4S2. The minimum atomic E-state index is -3.70. The number of benzene rings is 2. The van der Waals surface area contributed by atoms with Gasteiger partial charge in [-0.15, -0.1) is 0 Å². The van der Waals surface area contributed by atoms with Crippen molar-refractivity contribution in [1.82, 2.24) is 14.3 Å². The monoisotopic (exact) mass is 475 g/mol. The number of hydrogen-bond acceptors (Lipinski definition) is 7. The molecule has 0 radical (unpaired) electrons. The topological polar surface area (TPSA) is 135 Å². The van der Waals surface area contributed by atoms with E-state index in [2.05, 4.69) is 15.3 Å². The maximum absolute atomic E-state index is 12.9. The zero-order valence-corrected chi connectivity index (χ0v) is 19.1. The van der Waals surface area contributed by atoms with Crippen LogP contribution in [-0.4, -0.2) is 50.7 Å². The Morgan fingerprint density at radius 1 is 0.906 bits per heavy atom. The number of sulfonamides is 2. The van der Waals surface area contributed by atoms with Gasteiger partial charge in [0, 0.05) is 19.6 Å². The Morgan fingerprint density at radius 2 is 1.59 bits per heavy atom. The van der Waals surface area contributed by atoms with E-state index in [1.54, 1.807) is 36.5 Å². The number of nitrogens with zero attached hydrogens (tertiary/aromatic N) is 3. The number of anilines is 1. The Balaban J connectivity index is 1.42. The van der Waals surface area contributed by atoms with Crippen LogP contribution in [0, 0.1) is 0 Å². The van der Waals surface area contributed by atoms with Crippen LogP contribution >= 0.6 is 0 Å². The summed E-state index contributed by atoms with van der Waals surface area (Å²) in [7, 11) is -7.21. The highest BCUT2D eigenvalue weighted by molar-refractivity contribution is 7.89. The molecule has 0 atom stereocenters. The fourth-order valence-corrected chi connectivity index (χ4v) is 5.72. The maximum atomic E-state index is 12.9. The summed E-state index contributed by atoms with van der Waals surface area (Å²) in [5.74, 6) is 0.574. The molecule has 1 fully saturated rings. The summed E-state index contributed by atoms with van der Waals surface area (Å²) in [6, 6.07) is 11.2. The van der Waals surface area contributed by atoms with E-state index in [9.17, 15) is 16.8 Å². The van der Waals surface area contributed by atoms with Crippen LogP contribution in [0.25, 0.3) is 11.0 Å². The van der Waals surface area contributed by atoms with Crippen molar-refractivity contribution in [2.75, 3.05) is 25.0 Å². The first-order valence-corrected chi connectivity index (χ1v) is 13.3. The molecule has 1 aromatic heterocycles. The van der Waals surface area contributed by atoms with Crippen molar-refractivity contribution in [1.29, 1.82) is 0 Å². The van der Waals surface area contributed by atoms with Gasteiger partial charge < -0.3 is 5.32 Å². The van der Waals surface area contributed by atoms with Gasteiger partial charge in [-0.2, -0.15) is 4.31 Å². The Kier molecular flexibility index (Phi) is 6.42. The first-order valence-electron chi connectivity index (χ1n) is 10.4. The fourth-order valence-electron chi connectivity index (χ4n) is 3.67. The number of hydrogen-bond donors (Lipinski definition) is 2.